The number of thioether (sulfide) groups is 1. The highest BCUT2D eigenvalue weighted by Crippen LogP contribution is 2.37. The van der Waals surface area contributed by atoms with E-state index < -0.39 is 4.92 Å². The van der Waals surface area contributed by atoms with Gasteiger partial charge in [-0.05, 0) is 49.2 Å². The standard InChI is InChI=1S/C18H14N2O3S2/c1-11-3-8-15(12(2)9-11)19-17(21)16(25-18(19)24)10-13-4-6-14(7-5-13)20(22)23/h3-10H,1-2H3/b16-10-. The van der Waals surface area contributed by atoms with Crippen LogP contribution in [0.3, 0.4) is 0 Å². The van der Waals surface area contributed by atoms with Crippen LogP contribution in [0.1, 0.15) is 16.7 Å². The third-order valence-corrected chi connectivity index (χ3v) is 5.09. The molecule has 126 valence electrons. The Balaban J connectivity index is 1.91. The molecule has 7 heteroatoms. The van der Waals surface area contributed by atoms with E-state index in [1.54, 1.807) is 18.2 Å². The van der Waals surface area contributed by atoms with Crippen molar-refractivity contribution >= 4 is 51.7 Å². The molecule has 0 N–H and O–H groups in total. The average Bonchev–Trinajstić information content (AvgIpc) is 2.82. The van der Waals surface area contributed by atoms with E-state index >= 15 is 0 Å². The van der Waals surface area contributed by atoms with Gasteiger partial charge in [-0.1, -0.05) is 41.7 Å². The van der Waals surface area contributed by atoms with Crippen LogP contribution in [-0.2, 0) is 4.79 Å². The van der Waals surface area contributed by atoms with E-state index in [0.717, 1.165) is 16.8 Å². The second kappa shape index (κ2) is 6.78. The lowest BCUT2D eigenvalue weighted by molar-refractivity contribution is -0.384. The van der Waals surface area contributed by atoms with Crippen LogP contribution in [0.25, 0.3) is 6.08 Å². The lowest BCUT2D eigenvalue weighted by atomic mass is 10.1. The number of hydrogen-bond acceptors (Lipinski definition) is 5. The van der Waals surface area contributed by atoms with E-state index in [9.17, 15) is 14.9 Å². The fourth-order valence-electron chi connectivity index (χ4n) is 2.58. The maximum Gasteiger partial charge on any atom is 0.270 e. The lowest BCUT2D eigenvalue weighted by Gasteiger charge is -2.17. The lowest BCUT2D eigenvalue weighted by Crippen LogP contribution is -2.28. The molecule has 0 saturated carbocycles. The highest BCUT2D eigenvalue weighted by atomic mass is 32.2. The SMILES string of the molecule is Cc1ccc(N2C(=O)/C(=C/c3ccc([N+](=O)[O-])cc3)SC2=S)c(C)c1. The molecular formula is C18H14N2O3S2. The molecule has 1 aliphatic rings. The van der Waals surface area contributed by atoms with Gasteiger partial charge in [0.2, 0.25) is 0 Å². The molecule has 0 unspecified atom stereocenters. The van der Waals surface area contributed by atoms with Crippen molar-refractivity contribution in [2.24, 2.45) is 0 Å². The van der Waals surface area contributed by atoms with Crippen molar-refractivity contribution in [1.82, 2.24) is 0 Å². The Kier molecular flexibility index (Phi) is 4.69. The Morgan fingerprint density at radius 1 is 1.16 bits per heavy atom. The normalized spacial score (nSPS) is 15.9. The molecule has 1 aliphatic heterocycles. The summed E-state index contributed by atoms with van der Waals surface area (Å²) in [7, 11) is 0. The molecule has 25 heavy (non-hydrogen) atoms. The first-order valence-corrected chi connectivity index (χ1v) is 8.69. The summed E-state index contributed by atoms with van der Waals surface area (Å²) in [5.74, 6) is -0.180. The van der Waals surface area contributed by atoms with Gasteiger partial charge in [0.15, 0.2) is 4.32 Å². The first-order valence-electron chi connectivity index (χ1n) is 7.46. The van der Waals surface area contributed by atoms with Gasteiger partial charge in [-0.3, -0.25) is 19.8 Å². The summed E-state index contributed by atoms with van der Waals surface area (Å²) in [5.41, 5.74) is 3.60. The maximum absolute atomic E-state index is 12.8. The zero-order valence-electron chi connectivity index (χ0n) is 13.6. The van der Waals surface area contributed by atoms with Crippen molar-refractivity contribution < 1.29 is 9.72 Å². The van der Waals surface area contributed by atoms with Crippen LogP contribution in [0.4, 0.5) is 11.4 Å². The van der Waals surface area contributed by atoms with E-state index in [4.69, 9.17) is 12.2 Å². The summed E-state index contributed by atoms with van der Waals surface area (Å²) in [6, 6.07) is 11.9. The van der Waals surface area contributed by atoms with Crippen LogP contribution in [-0.4, -0.2) is 15.2 Å². The summed E-state index contributed by atoms with van der Waals surface area (Å²) in [5, 5.41) is 10.7. The molecule has 0 spiro atoms. The molecule has 5 nitrogen and oxygen atoms in total. The third kappa shape index (κ3) is 3.47. The summed E-state index contributed by atoms with van der Waals surface area (Å²) >= 11 is 6.61. The van der Waals surface area contributed by atoms with E-state index in [0.29, 0.717) is 14.8 Å². The van der Waals surface area contributed by atoms with Crippen molar-refractivity contribution in [3.05, 3.63) is 74.2 Å². The van der Waals surface area contributed by atoms with Gasteiger partial charge in [-0.15, -0.1) is 0 Å². The Bertz CT molecular complexity index is 920. The van der Waals surface area contributed by atoms with Gasteiger partial charge in [0, 0.05) is 12.1 Å². The second-order valence-electron chi connectivity index (χ2n) is 5.66. The van der Waals surface area contributed by atoms with Crippen molar-refractivity contribution in [2.45, 2.75) is 13.8 Å². The number of hydrogen-bond donors (Lipinski definition) is 0. The molecule has 1 saturated heterocycles. The van der Waals surface area contributed by atoms with Gasteiger partial charge in [0.25, 0.3) is 11.6 Å². The molecule has 1 amide bonds. The Morgan fingerprint density at radius 3 is 2.44 bits per heavy atom. The highest BCUT2D eigenvalue weighted by molar-refractivity contribution is 8.27. The smallest absolute Gasteiger partial charge is 0.268 e. The maximum atomic E-state index is 12.8. The van der Waals surface area contributed by atoms with Crippen LogP contribution in [0.5, 0.6) is 0 Å². The van der Waals surface area contributed by atoms with Gasteiger partial charge in [-0.2, -0.15) is 0 Å². The van der Waals surface area contributed by atoms with Crippen molar-refractivity contribution in [1.29, 1.82) is 0 Å². The largest absolute Gasteiger partial charge is 0.270 e. The predicted molar refractivity (Wildman–Crippen MR) is 105 cm³/mol. The number of anilines is 1. The molecular weight excluding hydrogens is 356 g/mol. The zero-order chi connectivity index (χ0) is 18.1. The van der Waals surface area contributed by atoms with E-state index in [-0.39, 0.29) is 11.6 Å². The van der Waals surface area contributed by atoms with Gasteiger partial charge in [0.05, 0.1) is 15.5 Å². The second-order valence-corrected chi connectivity index (χ2v) is 7.33. The minimum Gasteiger partial charge on any atom is -0.268 e. The van der Waals surface area contributed by atoms with Gasteiger partial charge in [-0.25, -0.2) is 0 Å². The van der Waals surface area contributed by atoms with Crippen LogP contribution >= 0.6 is 24.0 Å². The van der Waals surface area contributed by atoms with E-state index in [1.807, 2.05) is 32.0 Å². The molecule has 0 aromatic heterocycles. The molecule has 0 bridgehead atoms. The van der Waals surface area contributed by atoms with E-state index in [2.05, 4.69) is 0 Å². The van der Waals surface area contributed by atoms with Crippen LogP contribution in [0.2, 0.25) is 0 Å². The topological polar surface area (TPSA) is 63.5 Å². The fraction of sp³-hybridized carbons (Fsp3) is 0.111. The number of nitro benzene ring substituents is 1. The molecule has 2 aromatic rings. The van der Waals surface area contributed by atoms with Crippen LogP contribution < -0.4 is 4.90 Å². The number of nitrogens with zero attached hydrogens (tertiary/aromatic N) is 2. The summed E-state index contributed by atoms with van der Waals surface area (Å²) in [4.78, 5) is 25.1. The minimum absolute atomic E-state index is 0.0139. The van der Waals surface area contributed by atoms with Crippen LogP contribution in [0, 0.1) is 24.0 Å². The zero-order valence-corrected chi connectivity index (χ0v) is 15.2. The summed E-state index contributed by atoms with van der Waals surface area (Å²) < 4.78 is 0.477. The van der Waals surface area contributed by atoms with Gasteiger partial charge < -0.3 is 0 Å². The minimum atomic E-state index is -0.455. The molecule has 0 aliphatic carbocycles. The Morgan fingerprint density at radius 2 is 1.84 bits per heavy atom. The average molecular weight is 370 g/mol. The fourth-order valence-corrected chi connectivity index (χ4v) is 3.86. The molecule has 1 fully saturated rings. The van der Waals surface area contributed by atoms with Gasteiger partial charge in [0.1, 0.15) is 0 Å². The quantitative estimate of drug-likeness (QED) is 0.341. The first-order chi connectivity index (χ1) is 11.9. The molecule has 2 aromatic carbocycles. The van der Waals surface area contributed by atoms with E-state index in [1.165, 1.54) is 28.8 Å². The Hall–Kier alpha value is -2.51. The first kappa shape index (κ1) is 17.3. The van der Waals surface area contributed by atoms with Crippen molar-refractivity contribution in [3.63, 3.8) is 0 Å². The third-order valence-electron chi connectivity index (χ3n) is 3.79. The van der Waals surface area contributed by atoms with Crippen molar-refractivity contribution in [3.8, 4) is 0 Å². The summed E-state index contributed by atoms with van der Waals surface area (Å²) in [6.07, 6.45) is 1.70. The number of carbonyl (C=O) groups is 1. The van der Waals surface area contributed by atoms with Crippen molar-refractivity contribution in [2.75, 3.05) is 4.90 Å². The number of benzene rings is 2. The molecule has 3 rings (SSSR count). The predicted octanol–water partition coefficient (Wildman–Crippen LogP) is 4.62. The number of aryl methyl sites for hydroxylation is 2. The number of non-ortho nitro benzene ring substituents is 1. The number of amides is 1. The Labute approximate surface area is 154 Å². The number of carbonyl (C=O) groups excluding carboxylic acids is 1. The monoisotopic (exact) mass is 370 g/mol. The highest BCUT2D eigenvalue weighted by Gasteiger charge is 2.34. The van der Waals surface area contributed by atoms with Crippen LogP contribution in [0.15, 0.2) is 47.4 Å². The molecule has 1 heterocycles. The molecule has 0 atom stereocenters. The molecule has 0 radical (unpaired) electrons. The number of rotatable bonds is 3. The number of thiocarbonyl (C=S) groups is 1. The summed E-state index contributed by atoms with van der Waals surface area (Å²) in [6.45, 7) is 3.94. The number of nitro groups is 1. The van der Waals surface area contributed by atoms with Gasteiger partial charge >= 0.3 is 0 Å².